The van der Waals surface area contributed by atoms with E-state index in [-0.39, 0.29) is 53.6 Å². The highest BCUT2D eigenvalue weighted by molar-refractivity contribution is 7.87. The second-order valence-electron chi connectivity index (χ2n) is 14.5. The number of unbranched alkanes of at least 4 members (excludes halogenated alkanes) is 2. The highest BCUT2D eigenvalue weighted by Gasteiger charge is 2.46. The highest BCUT2D eigenvalue weighted by Crippen LogP contribution is 2.51. The first-order valence-corrected chi connectivity index (χ1v) is 24.1. The molecule has 20 heteroatoms. The molecule has 2 aliphatic rings. The zero-order valence-corrected chi connectivity index (χ0v) is 36.1. The molecule has 2 aromatic rings. The number of hydrogen-bond donors (Lipinski definition) is 2. The highest BCUT2D eigenvalue weighted by atomic mass is 32.2. The van der Waals surface area contributed by atoms with E-state index in [9.17, 15) is 48.1 Å². The van der Waals surface area contributed by atoms with Crippen LogP contribution in [-0.2, 0) is 68.6 Å². The standard InChI is InChI=1S/C37H50N2O14S4/c1-36(2)29-26-28(57(49,50)53-6)17-19-31(29)38(21-11-23-54(42,43)51-4)33(36)13-10-14-34-37(3,20-9-7-8-15-35(40)41)30-25-27(56(46,47)48)16-18-32(30)39(34)22-12-24-55(44,45)52-5/h10,13-14,16-19,25-26H,7-9,11-12,15,20-24H2,1-6H3,(H-,40,41,46,47,48)/p+1. The fourth-order valence-electron chi connectivity index (χ4n) is 7.47. The van der Waals surface area contributed by atoms with Gasteiger partial charge in [0.2, 0.25) is 5.69 Å². The number of anilines is 1. The van der Waals surface area contributed by atoms with Crippen LogP contribution in [0.1, 0.15) is 76.8 Å². The number of rotatable bonds is 21. The van der Waals surface area contributed by atoms with Crippen molar-refractivity contribution in [3.8, 4) is 0 Å². The quantitative estimate of drug-likeness (QED) is 0.0754. The van der Waals surface area contributed by atoms with Crippen LogP contribution in [0.2, 0.25) is 0 Å². The summed E-state index contributed by atoms with van der Waals surface area (Å²) in [5.41, 5.74) is 2.14. The van der Waals surface area contributed by atoms with Crippen LogP contribution in [0, 0.1) is 0 Å². The van der Waals surface area contributed by atoms with Gasteiger partial charge in [-0.1, -0.05) is 18.9 Å². The summed E-state index contributed by atoms with van der Waals surface area (Å²) in [4.78, 5) is 12.7. The summed E-state index contributed by atoms with van der Waals surface area (Å²) in [6.45, 7) is 6.12. The molecule has 4 rings (SSSR count). The molecule has 0 spiro atoms. The van der Waals surface area contributed by atoms with Crippen LogP contribution in [0.4, 0.5) is 11.4 Å². The fraction of sp³-hybridized carbons (Fsp3) is 0.514. The van der Waals surface area contributed by atoms with E-state index in [1.807, 2.05) is 42.4 Å². The first kappa shape index (κ1) is 46.2. The number of carbonyl (C=O) groups is 1. The normalized spacial score (nSPS) is 19.1. The van der Waals surface area contributed by atoms with Crippen LogP contribution >= 0.6 is 0 Å². The summed E-state index contributed by atoms with van der Waals surface area (Å²) < 4.78 is 125. The summed E-state index contributed by atoms with van der Waals surface area (Å²) in [5, 5.41) is 9.18. The Balaban J connectivity index is 1.88. The Morgan fingerprint density at radius 2 is 1.40 bits per heavy atom. The van der Waals surface area contributed by atoms with Gasteiger partial charge in [-0.15, -0.1) is 0 Å². The molecule has 0 aliphatic carbocycles. The molecule has 2 heterocycles. The third-order valence-corrected chi connectivity index (χ3v) is 15.2. The van der Waals surface area contributed by atoms with Crippen LogP contribution in [-0.4, -0.2) is 106 Å². The molecule has 1 unspecified atom stereocenters. The van der Waals surface area contributed by atoms with Crippen LogP contribution < -0.4 is 4.90 Å². The predicted molar refractivity (Wildman–Crippen MR) is 213 cm³/mol. The SMILES string of the molecule is COS(=O)(=O)CCCN1C(=CC=CC2=[N+](CCCS(=O)(=O)OC)c3ccc(S(=O)(=O)OC)cc3C2(C)C)C(C)(CCCCCC(=O)O)c2cc(S(=O)(=O)O)ccc21. The largest absolute Gasteiger partial charge is 0.481 e. The minimum absolute atomic E-state index is 0.0185. The Morgan fingerprint density at radius 1 is 0.789 bits per heavy atom. The molecule has 1 atom stereocenters. The number of allylic oxidation sites excluding steroid dienone is 4. The Labute approximate surface area is 336 Å². The second-order valence-corrected chi connectivity index (χ2v) is 21.4. The van der Waals surface area contributed by atoms with Gasteiger partial charge in [0.15, 0.2) is 5.71 Å². The molecule has 57 heavy (non-hydrogen) atoms. The van der Waals surface area contributed by atoms with E-state index in [2.05, 4.69) is 8.37 Å². The maximum atomic E-state index is 12.7. The van der Waals surface area contributed by atoms with Gasteiger partial charge < -0.3 is 10.0 Å². The van der Waals surface area contributed by atoms with Gasteiger partial charge >= 0.3 is 5.97 Å². The van der Waals surface area contributed by atoms with Crippen molar-refractivity contribution in [2.45, 2.75) is 86.3 Å². The van der Waals surface area contributed by atoms with Gasteiger partial charge in [-0.2, -0.15) is 38.2 Å². The molecular weight excluding hydrogens is 825 g/mol. The maximum absolute atomic E-state index is 12.7. The molecule has 0 saturated carbocycles. The Kier molecular flexibility index (Phi) is 14.4. The fourth-order valence-corrected chi connectivity index (χ4v) is 9.97. The lowest BCUT2D eigenvalue weighted by Gasteiger charge is -2.30. The van der Waals surface area contributed by atoms with Crippen molar-refractivity contribution < 1.29 is 65.2 Å². The molecule has 2 N–H and O–H groups in total. The van der Waals surface area contributed by atoms with E-state index in [1.165, 1.54) is 24.3 Å². The number of aliphatic carboxylic acids is 1. The Hall–Kier alpha value is -3.50. The topological polar surface area (TPSA) is 228 Å². The van der Waals surface area contributed by atoms with Crippen molar-refractivity contribution in [3.63, 3.8) is 0 Å². The van der Waals surface area contributed by atoms with Gasteiger partial charge in [-0.3, -0.25) is 21.9 Å². The van der Waals surface area contributed by atoms with Gasteiger partial charge in [-0.05, 0) is 82.0 Å². The van der Waals surface area contributed by atoms with Gasteiger partial charge in [0.05, 0.1) is 48.0 Å². The monoisotopic (exact) mass is 875 g/mol. The molecule has 0 radical (unpaired) electrons. The summed E-state index contributed by atoms with van der Waals surface area (Å²) >= 11 is 0. The van der Waals surface area contributed by atoms with Gasteiger partial charge in [0.1, 0.15) is 6.54 Å². The van der Waals surface area contributed by atoms with E-state index in [4.69, 9.17) is 4.18 Å². The summed E-state index contributed by atoms with van der Waals surface area (Å²) in [6, 6.07) is 8.82. The Bertz CT molecular complexity index is 2400. The third-order valence-electron chi connectivity index (χ3n) is 10.5. The van der Waals surface area contributed by atoms with E-state index in [0.29, 0.717) is 59.6 Å². The van der Waals surface area contributed by atoms with Gasteiger partial charge in [0, 0.05) is 53.9 Å². The van der Waals surface area contributed by atoms with Crippen molar-refractivity contribution in [1.29, 1.82) is 0 Å². The molecule has 0 bridgehead atoms. The molecular formula is C37H51N2O14S4+. The number of hydrogen-bond acceptors (Lipinski definition) is 13. The second kappa shape index (κ2) is 17.8. The molecule has 16 nitrogen and oxygen atoms in total. The zero-order chi connectivity index (χ0) is 42.6. The summed E-state index contributed by atoms with van der Waals surface area (Å²) in [7, 11) is -13.0. The van der Waals surface area contributed by atoms with Gasteiger partial charge in [0.25, 0.3) is 40.5 Å². The van der Waals surface area contributed by atoms with E-state index in [0.717, 1.165) is 21.3 Å². The lowest BCUT2D eigenvalue weighted by molar-refractivity contribution is -0.437. The first-order chi connectivity index (χ1) is 26.4. The van der Waals surface area contributed by atoms with E-state index in [1.54, 1.807) is 18.2 Å². The number of carboxylic acids is 1. The van der Waals surface area contributed by atoms with Gasteiger partial charge in [-0.25, -0.2) is 0 Å². The summed E-state index contributed by atoms with van der Waals surface area (Å²) in [5.74, 6) is -1.49. The first-order valence-electron chi connectivity index (χ1n) is 18.1. The zero-order valence-electron chi connectivity index (χ0n) is 32.8. The van der Waals surface area contributed by atoms with Crippen molar-refractivity contribution >= 4 is 63.5 Å². The number of fused-ring (bicyclic) bond motifs is 2. The smallest absolute Gasteiger partial charge is 0.303 e. The average molecular weight is 876 g/mol. The predicted octanol–water partition coefficient (Wildman–Crippen LogP) is 4.63. The van der Waals surface area contributed by atoms with Crippen molar-refractivity contribution in [3.05, 3.63) is 71.5 Å². The van der Waals surface area contributed by atoms with Crippen LogP contribution in [0.3, 0.4) is 0 Å². The lowest BCUT2D eigenvalue weighted by atomic mass is 9.77. The third kappa shape index (κ3) is 10.6. The van der Waals surface area contributed by atoms with Crippen molar-refractivity contribution in [1.82, 2.24) is 0 Å². The average Bonchev–Trinajstić information content (AvgIpc) is 3.49. The van der Waals surface area contributed by atoms with E-state index >= 15 is 0 Å². The number of nitrogens with zero attached hydrogens (tertiary/aromatic N) is 2. The van der Waals surface area contributed by atoms with Crippen molar-refractivity contribution in [2.75, 3.05) is 50.8 Å². The summed E-state index contributed by atoms with van der Waals surface area (Å²) in [6.07, 6.45) is 7.69. The van der Waals surface area contributed by atoms with Crippen LogP contribution in [0.5, 0.6) is 0 Å². The molecule has 0 fully saturated rings. The van der Waals surface area contributed by atoms with Crippen LogP contribution in [0.15, 0.2) is 70.1 Å². The minimum atomic E-state index is -4.61. The molecule has 0 amide bonds. The lowest BCUT2D eigenvalue weighted by Crippen LogP contribution is -2.30. The molecule has 2 aromatic carbocycles. The number of carboxylic acid groups (broad SMARTS) is 1. The van der Waals surface area contributed by atoms with E-state index < -0.39 is 57.3 Å². The van der Waals surface area contributed by atoms with Crippen molar-refractivity contribution in [2.24, 2.45) is 0 Å². The number of benzene rings is 2. The molecule has 2 aliphatic heterocycles. The van der Waals surface area contributed by atoms with Crippen LogP contribution in [0.25, 0.3) is 0 Å². The molecule has 316 valence electrons. The maximum Gasteiger partial charge on any atom is 0.303 e. The Morgan fingerprint density at radius 3 is 2.00 bits per heavy atom. The minimum Gasteiger partial charge on any atom is -0.481 e. The molecule has 0 aromatic heterocycles. The molecule has 0 saturated heterocycles.